The second-order valence-corrected chi connectivity index (χ2v) is 1.62. The van der Waals surface area contributed by atoms with Gasteiger partial charge in [0.2, 0.25) is 5.95 Å². The van der Waals surface area contributed by atoms with Crippen molar-refractivity contribution in [2.24, 2.45) is 7.05 Å². The summed E-state index contributed by atoms with van der Waals surface area (Å²) >= 11 is 0. The van der Waals surface area contributed by atoms with Gasteiger partial charge in [-0.05, 0) is 5.92 Å². The molecule has 0 unspecified atom stereocenters. The van der Waals surface area contributed by atoms with Crippen LogP contribution in [-0.4, -0.2) is 9.78 Å². The molecule has 0 bridgehead atoms. The highest BCUT2D eigenvalue weighted by molar-refractivity contribution is 5.22. The molecule has 9 heavy (non-hydrogen) atoms. The van der Waals surface area contributed by atoms with E-state index in [-0.39, 0.29) is 0 Å². The number of aromatic nitrogens is 2. The van der Waals surface area contributed by atoms with Gasteiger partial charge < -0.3 is 0 Å². The second-order valence-electron chi connectivity index (χ2n) is 1.62. The first-order valence-corrected chi connectivity index (χ1v) is 2.40. The number of nitrogens with zero attached hydrogens (tertiary/aromatic N) is 2. The molecule has 0 atom stereocenters. The summed E-state index contributed by atoms with van der Waals surface area (Å²) in [6.45, 7) is 0. The molecule has 1 heterocycles. The highest BCUT2D eigenvalue weighted by Crippen LogP contribution is 1.97. The second kappa shape index (κ2) is 1.90. The summed E-state index contributed by atoms with van der Waals surface area (Å²) < 4.78 is 13.4. The van der Waals surface area contributed by atoms with Crippen LogP contribution < -0.4 is 0 Å². The van der Waals surface area contributed by atoms with Crippen molar-refractivity contribution in [2.45, 2.75) is 0 Å². The van der Waals surface area contributed by atoms with Crippen molar-refractivity contribution in [3.05, 3.63) is 17.7 Å². The molecular weight excluding hydrogens is 119 g/mol. The van der Waals surface area contributed by atoms with Gasteiger partial charge in [-0.2, -0.15) is 9.49 Å². The van der Waals surface area contributed by atoms with Crippen molar-refractivity contribution in [3.8, 4) is 12.3 Å². The Kier molecular flexibility index (Phi) is 1.23. The fourth-order valence-electron chi connectivity index (χ4n) is 0.515. The van der Waals surface area contributed by atoms with E-state index >= 15 is 0 Å². The van der Waals surface area contributed by atoms with E-state index in [0.717, 1.165) is 4.68 Å². The van der Waals surface area contributed by atoms with Gasteiger partial charge in [-0.3, -0.25) is 0 Å². The number of hydrogen-bond donors (Lipinski definition) is 0. The van der Waals surface area contributed by atoms with Gasteiger partial charge in [-0.1, -0.05) is 0 Å². The van der Waals surface area contributed by atoms with E-state index in [1.165, 1.54) is 13.1 Å². The number of rotatable bonds is 0. The van der Waals surface area contributed by atoms with Crippen LogP contribution in [-0.2, 0) is 7.05 Å². The summed E-state index contributed by atoms with van der Waals surface area (Å²) in [5.74, 6) is 1.80. The smallest absolute Gasteiger partial charge is 0.212 e. The molecule has 0 aliphatic rings. The van der Waals surface area contributed by atoms with Gasteiger partial charge in [0.1, 0.15) is 5.69 Å². The van der Waals surface area contributed by atoms with E-state index in [0.29, 0.717) is 5.69 Å². The van der Waals surface area contributed by atoms with E-state index in [4.69, 9.17) is 6.42 Å². The van der Waals surface area contributed by atoms with Crippen LogP contribution >= 0.6 is 0 Å². The quantitative estimate of drug-likeness (QED) is 0.461. The first kappa shape index (κ1) is 5.83. The third-order valence-electron chi connectivity index (χ3n) is 0.971. The average molecular weight is 124 g/mol. The highest BCUT2D eigenvalue weighted by Gasteiger charge is 1.98. The molecule has 46 valence electrons. The van der Waals surface area contributed by atoms with Crippen LogP contribution in [0.5, 0.6) is 0 Å². The fourth-order valence-corrected chi connectivity index (χ4v) is 0.515. The van der Waals surface area contributed by atoms with Crippen LogP contribution in [0.15, 0.2) is 6.07 Å². The van der Waals surface area contributed by atoms with Crippen LogP contribution in [0.4, 0.5) is 4.39 Å². The highest BCUT2D eigenvalue weighted by atomic mass is 19.1. The van der Waals surface area contributed by atoms with Crippen molar-refractivity contribution in [2.75, 3.05) is 0 Å². The van der Waals surface area contributed by atoms with Crippen molar-refractivity contribution >= 4 is 0 Å². The normalized spacial score (nSPS) is 9.00. The molecular formula is C6H5FN2. The molecule has 0 saturated heterocycles. The molecule has 1 aromatic heterocycles. The summed E-state index contributed by atoms with van der Waals surface area (Å²) in [5, 5.41) is 3.63. The molecule has 0 aromatic carbocycles. The zero-order valence-electron chi connectivity index (χ0n) is 4.93. The molecule has 2 nitrogen and oxygen atoms in total. The van der Waals surface area contributed by atoms with Gasteiger partial charge in [-0.25, -0.2) is 4.68 Å². The largest absolute Gasteiger partial charge is 0.241 e. The predicted octanol–water partition coefficient (Wildman–Crippen LogP) is 0.540. The number of hydrogen-bond acceptors (Lipinski definition) is 1. The van der Waals surface area contributed by atoms with Gasteiger partial charge >= 0.3 is 0 Å². The molecule has 0 radical (unpaired) electrons. The lowest BCUT2D eigenvalue weighted by Gasteiger charge is -1.83. The maximum atomic E-state index is 12.3. The summed E-state index contributed by atoms with van der Waals surface area (Å²) in [5.41, 5.74) is 0.329. The summed E-state index contributed by atoms with van der Waals surface area (Å²) in [4.78, 5) is 0. The molecule has 1 aromatic rings. The van der Waals surface area contributed by atoms with Crippen molar-refractivity contribution < 1.29 is 4.39 Å². The Hall–Kier alpha value is -1.30. The number of halogens is 1. The Morgan fingerprint density at radius 2 is 2.56 bits per heavy atom. The summed E-state index contributed by atoms with van der Waals surface area (Å²) in [6.07, 6.45) is 4.94. The van der Waals surface area contributed by atoms with Gasteiger partial charge in [0, 0.05) is 13.1 Å². The molecule has 0 spiro atoms. The van der Waals surface area contributed by atoms with E-state index < -0.39 is 5.95 Å². The number of aryl methyl sites for hydroxylation is 1. The van der Waals surface area contributed by atoms with E-state index in [1.807, 2.05) is 0 Å². The Morgan fingerprint density at radius 3 is 2.78 bits per heavy atom. The van der Waals surface area contributed by atoms with Crippen LogP contribution in [0.1, 0.15) is 5.69 Å². The van der Waals surface area contributed by atoms with Crippen LogP contribution in [0, 0.1) is 18.3 Å². The third-order valence-corrected chi connectivity index (χ3v) is 0.971. The standard InChI is InChI=1S/C6H5FN2/c1-3-5-4-6(7)9(2)8-5/h1,4H,2H3. The van der Waals surface area contributed by atoms with E-state index in [1.54, 1.807) is 0 Å². The minimum Gasteiger partial charge on any atom is -0.241 e. The topological polar surface area (TPSA) is 17.8 Å². The maximum Gasteiger partial charge on any atom is 0.212 e. The zero-order chi connectivity index (χ0) is 6.85. The maximum absolute atomic E-state index is 12.3. The molecule has 0 N–H and O–H groups in total. The Morgan fingerprint density at radius 1 is 1.89 bits per heavy atom. The summed E-state index contributed by atoms with van der Waals surface area (Å²) in [7, 11) is 1.50. The van der Waals surface area contributed by atoms with Gasteiger partial charge in [0.05, 0.1) is 0 Å². The van der Waals surface area contributed by atoms with Crippen LogP contribution in [0.25, 0.3) is 0 Å². The van der Waals surface area contributed by atoms with Crippen molar-refractivity contribution in [1.29, 1.82) is 0 Å². The molecule has 0 amide bonds. The van der Waals surface area contributed by atoms with Gasteiger partial charge in [0.25, 0.3) is 0 Å². The van der Waals surface area contributed by atoms with Crippen molar-refractivity contribution in [3.63, 3.8) is 0 Å². The minimum absolute atomic E-state index is 0.329. The first-order chi connectivity index (χ1) is 4.24. The van der Waals surface area contributed by atoms with Gasteiger partial charge in [0.15, 0.2) is 0 Å². The molecule has 0 aliphatic heterocycles. The SMILES string of the molecule is C#Cc1cc(F)n(C)n1. The molecule has 3 heteroatoms. The van der Waals surface area contributed by atoms with Crippen LogP contribution in [0.2, 0.25) is 0 Å². The lowest BCUT2D eigenvalue weighted by molar-refractivity contribution is 0.503. The van der Waals surface area contributed by atoms with Gasteiger partial charge in [-0.15, -0.1) is 6.42 Å². The van der Waals surface area contributed by atoms with Crippen molar-refractivity contribution in [1.82, 2.24) is 9.78 Å². The lowest BCUT2D eigenvalue weighted by atomic mass is 10.5. The molecule has 1 rings (SSSR count). The Labute approximate surface area is 52.3 Å². The van der Waals surface area contributed by atoms with E-state index in [2.05, 4.69) is 11.0 Å². The minimum atomic E-state index is -0.414. The van der Waals surface area contributed by atoms with Crippen LogP contribution in [0.3, 0.4) is 0 Å². The summed E-state index contributed by atoms with van der Waals surface area (Å²) in [6, 6.07) is 1.21. The monoisotopic (exact) mass is 124 g/mol. The third kappa shape index (κ3) is 0.918. The first-order valence-electron chi connectivity index (χ1n) is 2.40. The van der Waals surface area contributed by atoms with E-state index in [9.17, 15) is 4.39 Å². The Bertz CT molecular complexity index is 237. The Balaban J connectivity index is 3.16. The molecule has 0 aliphatic carbocycles. The number of terminal acetylenes is 1. The fraction of sp³-hybridized carbons (Fsp3) is 0.167. The average Bonchev–Trinajstić information content (AvgIpc) is 2.13. The molecule has 0 fully saturated rings. The zero-order valence-corrected chi connectivity index (χ0v) is 4.93. The predicted molar refractivity (Wildman–Crippen MR) is 31.1 cm³/mol. The molecule has 0 saturated carbocycles. The lowest BCUT2D eigenvalue weighted by Crippen LogP contribution is -1.92.